The number of rotatable bonds is 6. The van der Waals surface area contributed by atoms with Crippen LogP contribution < -0.4 is 10.2 Å². The summed E-state index contributed by atoms with van der Waals surface area (Å²) in [4.78, 5) is 17.4. The molecule has 1 aliphatic heterocycles. The van der Waals surface area contributed by atoms with Gasteiger partial charge in [-0.2, -0.15) is 0 Å². The van der Waals surface area contributed by atoms with Crippen molar-refractivity contribution in [1.82, 2.24) is 10.2 Å². The van der Waals surface area contributed by atoms with E-state index in [1.54, 1.807) is 12.1 Å². The molecule has 2 aromatic carbocycles. The van der Waals surface area contributed by atoms with Crippen molar-refractivity contribution in [2.24, 2.45) is 5.92 Å². The van der Waals surface area contributed by atoms with Gasteiger partial charge in [-0.1, -0.05) is 24.3 Å². The van der Waals surface area contributed by atoms with Gasteiger partial charge in [0.25, 0.3) is 0 Å². The first kappa shape index (κ1) is 19.9. The zero-order valence-electron chi connectivity index (χ0n) is 17.4. The number of carbonyl (C=O) groups excluding carboxylic acids is 1. The monoisotopic (exact) mass is 395 g/mol. The molecule has 2 aliphatic rings. The van der Waals surface area contributed by atoms with Crippen LogP contribution in [-0.2, 0) is 4.79 Å². The molecule has 1 saturated heterocycles. The van der Waals surface area contributed by atoms with Crippen molar-refractivity contribution < 1.29 is 9.18 Å². The quantitative estimate of drug-likeness (QED) is 0.805. The van der Waals surface area contributed by atoms with Crippen LogP contribution in [0.15, 0.2) is 48.5 Å². The summed E-state index contributed by atoms with van der Waals surface area (Å²) in [5, 5.41) is 3.17. The third kappa shape index (κ3) is 4.45. The van der Waals surface area contributed by atoms with Crippen molar-refractivity contribution in [3.63, 3.8) is 0 Å². The van der Waals surface area contributed by atoms with E-state index in [2.05, 4.69) is 53.5 Å². The van der Waals surface area contributed by atoms with Crippen molar-refractivity contribution in [3.05, 3.63) is 65.5 Å². The molecule has 0 aromatic heterocycles. The summed E-state index contributed by atoms with van der Waals surface area (Å²) in [5.74, 6) is 0.0529. The van der Waals surface area contributed by atoms with Crippen molar-refractivity contribution in [2.45, 2.75) is 37.8 Å². The number of benzene rings is 2. The Morgan fingerprint density at radius 2 is 1.97 bits per heavy atom. The number of hydrogen-bond acceptors (Lipinski definition) is 3. The molecule has 2 aromatic rings. The zero-order chi connectivity index (χ0) is 20.5. The molecule has 1 aliphatic carbocycles. The Labute approximate surface area is 172 Å². The Kier molecular flexibility index (Phi) is 5.59. The fourth-order valence-corrected chi connectivity index (χ4v) is 4.36. The summed E-state index contributed by atoms with van der Waals surface area (Å²) >= 11 is 0. The van der Waals surface area contributed by atoms with Gasteiger partial charge in [-0.3, -0.25) is 4.79 Å². The SMILES string of the molecule is C[C@H](NC(=O)C1CC1c1ccc(F)cc1)c1cccc(N2CC[C@@H](N(C)C)C2)c1. The lowest BCUT2D eigenvalue weighted by molar-refractivity contribution is -0.123. The normalized spacial score (nSPS) is 24.6. The van der Waals surface area contributed by atoms with Crippen LogP contribution in [0.25, 0.3) is 0 Å². The molecule has 1 N–H and O–H groups in total. The maximum atomic E-state index is 13.1. The second-order valence-corrected chi connectivity index (χ2v) is 8.68. The smallest absolute Gasteiger partial charge is 0.224 e. The minimum Gasteiger partial charge on any atom is -0.370 e. The lowest BCUT2D eigenvalue weighted by Crippen LogP contribution is -2.31. The number of likely N-dealkylation sites (N-methyl/N-ethyl adjacent to an activating group) is 1. The van der Waals surface area contributed by atoms with Crippen molar-refractivity contribution >= 4 is 11.6 Å². The van der Waals surface area contributed by atoms with Gasteiger partial charge in [0.15, 0.2) is 0 Å². The molecule has 5 heteroatoms. The van der Waals surface area contributed by atoms with Crippen LogP contribution in [0.1, 0.15) is 42.9 Å². The summed E-state index contributed by atoms with van der Waals surface area (Å²) < 4.78 is 13.1. The third-order valence-electron chi connectivity index (χ3n) is 6.41. The first-order valence-corrected chi connectivity index (χ1v) is 10.5. The number of amides is 1. The first-order valence-electron chi connectivity index (χ1n) is 10.5. The summed E-state index contributed by atoms with van der Waals surface area (Å²) in [7, 11) is 4.28. The summed E-state index contributed by atoms with van der Waals surface area (Å²) in [5.41, 5.74) is 3.40. The Balaban J connectivity index is 1.36. The average Bonchev–Trinajstić information content (AvgIpc) is 3.35. The van der Waals surface area contributed by atoms with Gasteiger partial charge in [0.05, 0.1) is 6.04 Å². The van der Waals surface area contributed by atoms with Crippen LogP contribution >= 0.6 is 0 Å². The van der Waals surface area contributed by atoms with E-state index in [1.807, 2.05) is 6.92 Å². The minimum atomic E-state index is -0.237. The number of nitrogens with one attached hydrogen (secondary N) is 1. The second kappa shape index (κ2) is 8.15. The highest BCUT2D eigenvalue weighted by atomic mass is 19.1. The molecule has 29 heavy (non-hydrogen) atoms. The molecule has 0 radical (unpaired) electrons. The van der Waals surface area contributed by atoms with Crippen LogP contribution in [0, 0.1) is 11.7 Å². The molecule has 4 rings (SSSR count). The lowest BCUT2D eigenvalue weighted by Gasteiger charge is -2.23. The standard InChI is InChI=1S/C24H30FN3O/c1-16(26-24(29)23-14-22(23)17-7-9-19(25)10-8-17)18-5-4-6-20(13-18)28-12-11-21(15-28)27(2)3/h4-10,13,16,21-23H,11-12,14-15H2,1-3H3,(H,26,29)/t16-,21+,22?,23?/m0/s1. The minimum absolute atomic E-state index is 0.00877. The molecule has 1 amide bonds. The molecule has 2 fully saturated rings. The number of hydrogen-bond donors (Lipinski definition) is 1. The topological polar surface area (TPSA) is 35.6 Å². The maximum absolute atomic E-state index is 13.1. The van der Waals surface area contributed by atoms with Gasteiger partial charge < -0.3 is 15.1 Å². The largest absolute Gasteiger partial charge is 0.370 e. The van der Waals surface area contributed by atoms with Crippen LogP contribution in [0.4, 0.5) is 10.1 Å². The molecule has 4 nitrogen and oxygen atoms in total. The van der Waals surface area contributed by atoms with Crippen molar-refractivity contribution in [3.8, 4) is 0 Å². The zero-order valence-corrected chi connectivity index (χ0v) is 17.4. The summed E-state index contributed by atoms with van der Waals surface area (Å²) in [6.45, 7) is 4.14. The Morgan fingerprint density at radius 3 is 2.66 bits per heavy atom. The third-order valence-corrected chi connectivity index (χ3v) is 6.41. The Morgan fingerprint density at radius 1 is 1.21 bits per heavy atom. The van der Waals surface area contributed by atoms with Crippen LogP contribution in [0.2, 0.25) is 0 Å². The molecule has 1 saturated carbocycles. The van der Waals surface area contributed by atoms with Crippen LogP contribution in [0.3, 0.4) is 0 Å². The molecular formula is C24H30FN3O. The summed E-state index contributed by atoms with van der Waals surface area (Å²) in [6, 6.07) is 15.6. The highest BCUT2D eigenvalue weighted by molar-refractivity contribution is 5.83. The molecule has 0 bridgehead atoms. The van der Waals surface area contributed by atoms with E-state index in [9.17, 15) is 9.18 Å². The van der Waals surface area contributed by atoms with Gasteiger partial charge in [-0.25, -0.2) is 4.39 Å². The molecule has 154 valence electrons. The molecule has 4 atom stereocenters. The number of nitrogens with zero attached hydrogens (tertiary/aromatic N) is 2. The fourth-order valence-electron chi connectivity index (χ4n) is 4.36. The number of anilines is 1. The van der Waals surface area contributed by atoms with Gasteiger partial charge in [0, 0.05) is 30.7 Å². The van der Waals surface area contributed by atoms with E-state index >= 15 is 0 Å². The van der Waals surface area contributed by atoms with Crippen LogP contribution in [0.5, 0.6) is 0 Å². The predicted molar refractivity (Wildman–Crippen MR) is 115 cm³/mol. The average molecular weight is 396 g/mol. The predicted octanol–water partition coefficient (Wildman–Crippen LogP) is 3.95. The van der Waals surface area contributed by atoms with E-state index in [0.717, 1.165) is 30.6 Å². The maximum Gasteiger partial charge on any atom is 0.224 e. The Hall–Kier alpha value is -2.40. The van der Waals surface area contributed by atoms with Gasteiger partial charge in [0.1, 0.15) is 5.82 Å². The lowest BCUT2D eigenvalue weighted by atomic mass is 10.1. The molecule has 1 heterocycles. The van der Waals surface area contributed by atoms with E-state index in [-0.39, 0.29) is 29.6 Å². The molecular weight excluding hydrogens is 365 g/mol. The highest BCUT2D eigenvalue weighted by Gasteiger charge is 2.44. The van der Waals surface area contributed by atoms with Gasteiger partial charge in [-0.05, 0) is 75.2 Å². The van der Waals surface area contributed by atoms with E-state index < -0.39 is 0 Å². The first-order chi connectivity index (χ1) is 13.9. The fraction of sp³-hybridized carbons (Fsp3) is 0.458. The van der Waals surface area contributed by atoms with E-state index in [1.165, 1.54) is 24.2 Å². The van der Waals surface area contributed by atoms with Crippen molar-refractivity contribution in [2.75, 3.05) is 32.1 Å². The van der Waals surface area contributed by atoms with E-state index in [4.69, 9.17) is 0 Å². The van der Waals surface area contributed by atoms with Gasteiger partial charge >= 0.3 is 0 Å². The summed E-state index contributed by atoms with van der Waals surface area (Å²) in [6.07, 6.45) is 2.01. The van der Waals surface area contributed by atoms with Gasteiger partial charge in [0.2, 0.25) is 5.91 Å². The van der Waals surface area contributed by atoms with Crippen LogP contribution in [-0.4, -0.2) is 44.0 Å². The molecule has 0 spiro atoms. The Bertz CT molecular complexity index is 867. The van der Waals surface area contributed by atoms with Crippen molar-refractivity contribution in [1.29, 1.82) is 0 Å². The van der Waals surface area contributed by atoms with E-state index in [0.29, 0.717) is 6.04 Å². The number of carbonyl (C=O) groups is 1. The molecule has 2 unspecified atom stereocenters. The van der Waals surface area contributed by atoms with Gasteiger partial charge in [-0.15, -0.1) is 0 Å². The second-order valence-electron chi connectivity index (χ2n) is 8.68. The number of halogens is 1. The highest BCUT2D eigenvalue weighted by Crippen LogP contribution is 2.47.